The predicted molar refractivity (Wildman–Crippen MR) is 96.6 cm³/mol. The molecule has 0 aromatic heterocycles. The van der Waals surface area contributed by atoms with Crippen LogP contribution in [0.2, 0.25) is 0 Å². The third kappa shape index (κ3) is 3.85. The first kappa shape index (κ1) is 16.7. The van der Waals surface area contributed by atoms with Crippen molar-refractivity contribution in [2.24, 2.45) is 0 Å². The Bertz CT molecular complexity index is 727. The first-order valence-corrected chi connectivity index (χ1v) is 8.84. The predicted octanol–water partition coefficient (Wildman–Crippen LogP) is 3.54. The molecular formula is C19H19BrN2O2. The van der Waals surface area contributed by atoms with Gasteiger partial charge in [0.2, 0.25) is 5.91 Å². The van der Waals surface area contributed by atoms with Gasteiger partial charge in [-0.2, -0.15) is 0 Å². The van der Waals surface area contributed by atoms with Crippen molar-refractivity contribution in [3.8, 4) is 0 Å². The van der Waals surface area contributed by atoms with Crippen molar-refractivity contribution in [2.75, 3.05) is 13.1 Å². The highest BCUT2D eigenvalue weighted by molar-refractivity contribution is 9.10. The SMILES string of the molecule is O=C(N[C@H](C(=O)N1CCCC1)c1ccccc1)c1cccc(Br)c1. The second-order valence-electron chi connectivity index (χ2n) is 5.86. The van der Waals surface area contributed by atoms with E-state index in [1.165, 1.54) is 0 Å². The Kier molecular flexibility index (Phi) is 5.30. The Hall–Kier alpha value is -2.14. The number of nitrogens with zero attached hydrogens (tertiary/aromatic N) is 1. The Morgan fingerprint density at radius 1 is 1.00 bits per heavy atom. The van der Waals surface area contributed by atoms with Gasteiger partial charge in [-0.1, -0.05) is 52.3 Å². The lowest BCUT2D eigenvalue weighted by Gasteiger charge is -2.24. The van der Waals surface area contributed by atoms with Gasteiger partial charge in [0.25, 0.3) is 5.91 Å². The van der Waals surface area contributed by atoms with Crippen LogP contribution in [-0.4, -0.2) is 29.8 Å². The van der Waals surface area contributed by atoms with Crippen molar-refractivity contribution in [1.82, 2.24) is 10.2 Å². The van der Waals surface area contributed by atoms with E-state index in [1.54, 1.807) is 18.2 Å². The Morgan fingerprint density at radius 3 is 2.38 bits per heavy atom. The van der Waals surface area contributed by atoms with Crippen LogP contribution in [0.4, 0.5) is 0 Å². The van der Waals surface area contributed by atoms with Gasteiger partial charge < -0.3 is 10.2 Å². The molecular weight excluding hydrogens is 368 g/mol. The third-order valence-electron chi connectivity index (χ3n) is 4.16. The number of hydrogen-bond donors (Lipinski definition) is 1. The lowest BCUT2D eigenvalue weighted by atomic mass is 10.0. The van der Waals surface area contributed by atoms with E-state index < -0.39 is 6.04 Å². The summed E-state index contributed by atoms with van der Waals surface area (Å²) >= 11 is 3.37. The molecule has 5 heteroatoms. The summed E-state index contributed by atoms with van der Waals surface area (Å²) < 4.78 is 0.831. The standard InChI is InChI=1S/C19H19BrN2O2/c20-16-10-6-9-15(13-16)18(23)21-17(14-7-2-1-3-8-14)19(24)22-11-4-5-12-22/h1-3,6-10,13,17H,4-5,11-12H2,(H,21,23)/t17-/m0/s1. The maximum atomic E-state index is 12.9. The van der Waals surface area contributed by atoms with Gasteiger partial charge in [-0.3, -0.25) is 9.59 Å². The van der Waals surface area contributed by atoms with Crippen LogP contribution in [0.25, 0.3) is 0 Å². The minimum absolute atomic E-state index is 0.0398. The van der Waals surface area contributed by atoms with E-state index in [9.17, 15) is 9.59 Å². The van der Waals surface area contributed by atoms with Crippen molar-refractivity contribution in [2.45, 2.75) is 18.9 Å². The van der Waals surface area contributed by atoms with Crippen LogP contribution in [0.15, 0.2) is 59.1 Å². The van der Waals surface area contributed by atoms with E-state index in [-0.39, 0.29) is 11.8 Å². The van der Waals surface area contributed by atoms with Crippen LogP contribution in [0.5, 0.6) is 0 Å². The fraction of sp³-hybridized carbons (Fsp3) is 0.263. The quantitative estimate of drug-likeness (QED) is 0.873. The molecule has 0 radical (unpaired) electrons. The zero-order chi connectivity index (χ0) is 16.9. The molecule has 3 rings (SSSR count). The molecule has 1 N–H and O–H groups in total. The van der Waals surface area contributed by atoms with Gasteiger partial charge >= 0.3 is 0 Å². The molecule has 124 valence electrons. The maximum Gasteiger partial charge on any atom is 0.252 e. The maximum absolute atomic E-state index is 12.9. The highest BCUT2D eigenvalue weighted by Gasteiger charge is 2.29. The average Bonchev–Trinajstić information content (AvgIpc) is 3.14. The Balaban J connectivity index is 1.84. The number of halogens is 1. The van der Waals surface area contributed by atoms with Crippen LogP contribution in [0, 0.1) is 0 Å². The second-order valence-corrected chi connectivity index (χ2v) is 6.78. The molecule has 1 saturated heterocycles. The average molecular weight is 387 g/mol. The Labute approximate surface area is 150 Å². The molecule has 4 nitrogen and oxygen atoms in total. The lowest BCUT2D eigenvalue weighted by molar-refractivity contribution is -0.132. The van der Waals surface area contributed by atoms with Crippen molar-refractivity contribution in [3.63, 3.8) is 0 Å². The van der Waals surface area contributed by atoms with Gasteiger partial charge in [-0.15, -0.1) is 0 Å². The number of rotatable bonds is 4. The lowest BCUT2D eigenvalue weighted by Crippen LogP contribution is -2.41. The summed E-state index contributed by atoms with van der Waals surface area (Å²) in [7, 11) is 0. The van der Waals surface area contributed by atoms with Crippen LogP contribution in [0.1, 0.15) is 34.8 Å². The fourth-order valence-corrected chi connectivity index (χ4v) is 3.30. The van der Waals surface area contributed by atoms with E-state index in [2.05, 4.69) is 21.2 Å². The first-order valence-electron chi connectivity index (χ1n) is 8.05. The van der Waals surface area contributed by atoms with Gasteiger partial charge in [0, 0.05) is 23.1 Å². The van der Waals surface area contributed by atoms with Crippen LogP contribution >= 0.6 is 15.9 Å². The molecule has 2 aromatic rings. The molecule has 0 bridgehead atoms. The zero-order valence-corrected chi connectivity index (χ0v) is 14.8. The monoisotopic (exact) mass is 386 g/mol. The molecule has 2 aromatic carbocycles. The van der Waals surface area contributed by atoms with Crippen molar-refractivity contribution in [1.29, 1.82) is 0 Å². The summed E-state index contributed by atoms with van der Waals surface area (Å²) in [5.74, 6) is -0.292. The highest BCUT2D eigenvalue weighted by atomic mass is 79.9. The smallest absolute Gasteiger partial charge is 0.252 e. The van der Waals surface area contributed by atoms with E-state index in [0.29, 0.717) is 5.56 Å². The highest BCUT2D eigenvalue weighted by Crippen LogP contribution is 2.20. The Morgan fingerprint density at radius 2 is 1.71 bits per heavy atom. The molecule has 24 heavy (non-hydrogen) atoms. The topological polar surface area (TPSA) is 49.4 Å². The van der Waals surface area contributed by atoms with E-state index >= 15 is 0 Å². The first-order chi connectivity index (χ1) is 11.6. The minimum Gasteiger partial charge on any atom is -0.341 e. The fourth-order valence-electron chi connectivity index (χ4n) is 2.90. The summed E-state index contributed by atoms with van der Waals surface area (Å²) in [6, 6.07) is 15.9. The molecule has 0 spiro atoms. The van der Waals surface area contributed by atoms with Crippen molar-refractivity contribution in [3.05, 3.63) is 70.2 Å². The van der Waals surface area contributed by atoms with Crippen LogP contribution in [-0.2, 0) is 4.79 Å². The van der Waals surface area contributed by atoms with Gasteiger partial charge in [0.05, 0.1) is 0 Å². The number of benzene rings is 2. The third-order valence-corrected chi connectivity index (χ3v) is 4.65. The minimum atomic E-state index is -0.657. The van der Waals surface area contributed by atoms with Crippen LogP contribution < -0.4 is 5.32 Å². The molecule has 0 unspecified atom stereocenters. The molecule has 2 amide bonds. The van der Waals surface area contributed by atoms with Crippen molar-refractivity contribution < 1.29 is 9.59 Å². The largest absolute Gasteiger partial charge is 0.341 e. The molecule has 0 aliphatic carbocycles. The molecule has 0 saturated carbocycles. The molecule has 1 heterocycles. The molecule has 1 atom stereocenters. The summed E-state index contributed by atoms with van der Waals surface area (Å²) in [5.41, 5.74) is 1.33. The van der Waals surface area contributed by atoms with Crippen LogP contribution in [0.3, 0.4) is 0 Å². The van der Waals surface area contributed by atoms with Gasteiger partial charge in [0.1, 0.15) is 6.04 Å². The van der Waals surface area contributed by atoms with Gasteiger partial charge in [-0.05, 0) is 36.6 Å². The number of hydrogen-bond acceptors (Lipinski definition) is 2. The van der Waals surface area contributed by atoms with E-state index in [4.69, 9.17) is 0 Å². The van der Waals surface area contributed by atoms with Gasteiger partial charge in [-0.25, -0.2) is 0 Å². The van der Waals surface area contributed by atoms with Gasteiger partial charge in [0.15, 0.2) is 0 Å². The van der Waals surface area contributed by atoms with E-state index in [1.807, 2.05) is 41.3 Å². The molecule has 1 aliphatic heterocycles. The summed E-state index contributed by atoms with van der Waals surface area (Å²) in [6.45, 7) is 1.52. The number of carbonyl (C=O) groups excluding carboxylic acids is 2. The second kappa shape index (κ2) is 7.62. The summed E-state index contributed by atoms with van der Waals surface area (Å²) in [6.07, 6.45) is 2.04. The number of likely N-dealkylation sites (tertiary alicyclic amines) is 1. The summed E-state index contributed by atoms with van der Waals surface area (Å²) in [4.78, 5) is 27.3. The normalized spacial score (nSPS) is 15.1. The summed E-state index contributed by atoms with van der Waals surface area (Å²) in [5, 5.41) is 2.90. The number of amides is 2. The number of nitrogens with one attached hydrogen (secondary N) is 1. The van der Waals surface area contributed by atoms with E-state index in [0.717, 1.165) is 36.0 Å². The molecule has 1 aliphatic rings. The zero-order valence-electron chi connectivity index (χ0n) is 13.2. The molecule has 1 fully saturated rings. The number of carbonyl (C=O) groups is 2. The van der Waals surface area contributed by atoms with Crippen molar-refractivity contribution >= 4 is 27.7 Å².